The summed E-state index contributed by atoms with van der Waals surface area (Å²) in [6.45, 7) is 1.93. The molecule has 0 aromatic heterocycles. The summed E-state index contributed by atoms with van der Waals surface area (Å²) in [5.74, 6) is -0.257. The normalized spacial score (nSPS) is 24.2. The third kappa shape index (κ3) is 3.48. The van der Waals surface area contributed by atoms with Gasteiger partial charge >= 0.3 is 0 Å². The first-order valence-corrected chi connectivity index (χ1v) is 6.33. The van der Waals surface area contributed by atoms with Gasteiger partial charge in [-0.05, 0) is 23.8 Å². The molecule has 0 amide bonds. The largest absolute Gasteiger partial charge is 0.386 e. The number of halogens is 2. The zero-order valence-corrected chi connectivity index (χ0v) is 11.0. The van der Waals surface area contributed by atoms with Crippen molar-refractivity contribution in [2.75, 3.05) is 19.8 Å². The first-order chi connectivity index (χ1) is 8.09. The highest BCUT2D eigenvalue weighted by atomic mass is 79.9. The molecule has 1 heterocycles. The summed E-state index contributed by atoms with van der Waals surface area (Å²) in [5.41, 5.74) is 0.0623. The molecule has 94 valence electrons. The van der Waals surface area contributed by atoms with Gasteiger partial charge in [0.15, 0.2) is 0 Å². The van der Waals surface area contributed by atoms with E-state index in [0.717, 1.165) is 10.0 Å². The third-order valence-electron chi connectivity index (χ3n) is 2.86. The molecule has 0 radical (unpaired) electrons. The van der Waals surface area contributed by atoms with Crippen LogP contribution in [0.2, 0.25) is 0 Å². The SMILES string of the molecule is O[C@@]1(CNCc2cc(F)ccc2Br)CCOC1. The number of aliphatic hydroxyl groups is 1. The van der Waals surface area contributed by atoms with Crippen molar-refractivity contribution in [3.63, 3.8) is 0 Å². The molecule has 17 heavy (non-hydrogen) atoms. The van der Waals surface area contributed by atoms with Gasteiger partial charge in [0, 0.05) is 30.6 Å². The highest BCUT2D eigenvalue weighted by Crippen LogP contribution is 2.19. The Kier molecular flexibility index (Phi) is 4.14. The van der Waals surface area contributed by atoms with Gasteiger partial charge in [0.25, 0.3) is 0 Å². The van der Waals surface area contributed by atoms with Gasteiger partial charge in [0.05, 0.1) is 6.61 Å². The highest BCUT2D eigenvalue weighted by Gasteiger charge is 2.31. The molecule has 0 bridgehead atoms. The molecule has 1 aromatic rings. The fraction of sp³-hybridized carbons (Fsp3) is 0.500. The topological polar surface area (TPSA) is 41.5 Å². The molecular weight excluding hydrogens is 289 g/mol. The summed E-state index contributed by atoms with van der Waals surface area (Å²) in [5, 5.41) is 13.1. The van der Waals surface area contributed by atoms with Crippen molar-refractivity contribution >= 4 is 15.9 Å². The van der Waals surface area contributed by atoms with E-state index in [1.54, 1.807) is 6.07 Å². The van der Waals surface area contributed by atoms with Crippen molar-refractivity contribution in [2.24, 2.45) is 0 Å². The lowest BCUT2D eigenvalue weighted by atomic mass is 10.0. The van der Waals surface area contributed by atoms with E-state index < -0.39 is 5.60 Å². The van der Waals surface area contributed by atoms with Crippen molar-refractivity contribution in [1.82, 2.24) is 5.32 Å². The maximum Gasteiger partial charge on any atom is 0.123 e. The van der Waals surface area contributed by atoms with Crippen LogP contribution < -0.4 is 5.32 Å². The predicted molar refractivity (Wildman–Crippen MR) is 66.2 cm³/mol. The predicted octanol–water partition coefficient (Wildman–Crippen LogP) is 1.83. The van der Waals surface area contributed by atoms with Crippen LogP contribution in [0.15, 0.2) is 22.7 Å². The van der Waals surface area contributed by atoms with Gasteiger partial charge < -0.3 is 15.2 Å². The molecular formula is C12H15BrFNO2. The fourth-order valence-corrected chi connectivity index (χ4v) is 2.23. The average molecular weight is 304 g/mol. The first kappa shape index (κ1) is 13.0. The van der Waals surface area contributed by atoms with Crippen molar-refractivity contribution in [2.45, 2.75) is 18.6 Å². The van der Waals surface area contributed by atoms with Crippen LogP contribution in [0.5, 0.6) is 0 Å². The average Bonchev–Trinajstić information content (AvgIpc) is 2.71. The van der Waals surface area contributed by atoms with Crippen molar-refractivity contribution in [3.8, 4) is 0 Å². The minimum atomic E-state index is -0.778. The van der Waals surface area contributed by atoms with Crippen LogP contribution in [0, 0.1) is 5.82 Å². The Morgan fingerprint density at radius 1 is 1.53 bits per heavy atom. The molecule has 0 spiro atoms. The van der Waals surface area contributed by atoms with Crippen LogP contribution in [0.4, 0.5) is 4.39 Å². The molecule has 2 N–H and O–H groups in total. The number of nitrogens with one attached hydrogen (secondary N) is 1. The van der Waals surface area contributed by atoms with E-state index in [4.69, 9.17) is 4.74 Å². The lowest BCUT2D eigenvalue weighted by Gasteiger charge is -2.20. The number of benzene rings is 1. The monoisotopic (exact) mass is 303 g/mol. The van der Waals surface area contributed by atoms with Gasteiger partial charge in [-0.2, -0.15) is 0 Å². The van der Waals surface area contributed by atoms with Gasteiger partial charge in [-0.25, -0.2) is 4.39 Å². The molecule has 5 heteroatoms. The first-order valence-electron chi connectivity index (χ1n) is 5.54. The van der Waals surface area contributed by atoms with Crippen molar-refractivity contribution in [3.05, 3.63) is 34.1 Å². The van der Waals surface area contributed by atoms with Gasteiger partial charge in [-0.1, -0.05) is 15.9 Å². The van der Waals surface area contributed by atoms with Gasteiger partial charge in [-0.3, -0.25) is 0 Å². The maximum absolute atomic E-state index is 13.0. The number of ether oxygens (including phenoxy) is 1. The van der Waals surface area contributed by atoms with Gasteiger partial charge in [0.1, 0.15) is 11.4 Å². The van der Waals surface area contributed by atoms with Crippen LogP contribution in [-0.4, -0.2) is 30.5 Å². The molecule has 1 aliphatic rings. The van der Waals surface area contributed by atoms with Gasteiger partial charge in [-0.15, -0.1) is 0 Å². The Bertz CT molecular complexity index is 394. The molecule has 1 saturated heterocycles. The van der Waals surface area contributed by atoms with Crippen molar-refractivity contribution in [1.29, 1.82) is 0 Å². The summed E-state index contributed by atoms with van der Waals surface area (Å²) < 4.78 is 19.0. The van der Waals surface area contributed by atoms with E-state index >= 15 is 0 Å². The van der Waals surface area contributed by atoms with E-state index in [0.29, 0.717) is 32.7 Å². The van der Waals surface area contributed by atoms with Crippen molar-refractivity contribution < 1.29 is 14.2 Å². The zero-order chi connectivity index (χ0) is 12.3. The minimum Gasteiger partial charge on any atom is -0.386 e. The molecule has 2 rings (SSSR count). The van der Waals surface area contributed by atoms with E-state index in [9.17, 15) is 9.50 Å². The smallest absolute Gasteiger partial charge is 0.123 e. The number of rotatable bonds is 4. The van der Waals surface area contributed by atoms with Gasteiger partial charge in [0.2, 0.25) is 0 Å². The quantitative estimate of drug-likeness (QED) is 0.892. The van der Waals surface area contributed by atoms with Crippen LogP contribution >= 0.6 is 15.9 Å². The summed E-state index contributed by atoms with van der Waals surface area (Å²) in [4.78, 5) is 0. The van der Waals surface area contributed by atoms with E-state index in [1.807, 2.05) is 0 Å². The van der Waals surface area contributed by atoms with Crippen LogP contribution in [0.25, 0.3) is 0 Å². The lowest BCUT2D eigenvalue weighted by Crippen LogP contribution is -2.40. The molecule has 1 fully saturated rings. The standard InChI is InChI=1S/C12H15BrFNO2/c13-11-2-1-10(14)5-9(11)6-15-7-12(16)3-4-17-8-12/h1-2,5,15-16H,3-4,6-8H2/t12-/m1/s1. The molecule has 1 atom stereocenters. The van der Waals surface area contributed by atoms with Crippen LogP contribution in [-0.2, 0) is 11.3 Å². The maximum atomic E-state index is 13.0. The molecule has 0 saturated carbocycles. The second kappa shape index (κ2) is 5.44. The van der Waals surface area contributed by atoms with Crippen LogP contribution in [0.1, 0.15) is 12.0 Å². The summed E-state index contributed by atoms with van der Waals surface area (Å²) >= 11 is 3.36. The Labute approximate surface area is 108 Å². The third-order valence-corrected chi connectivity index (χ3v) is 3.63. The highest BCUT2D eigenvalue weighted by molar-refractivity contribution is 9.10. The molecule has 0 aliphatic carbocycles. The second-order valence-corrected chi connectivity index (χ2v) is 5.22. The number of hydrogen-bond donors (Lipinski definition) is 2. The minimum absolute atomic E-state index is 0.257. The summed E-state index contributed by atoms with van der Waals surface area (Å²) in [7, 11) is 0. The molecule has 0 unspecified atom stereocenters. The Hall–Kier alpha value is -0.490. The number of hydrogen-bond acceptors (Lipinski definition) is 3. The summed E-state index contributed by atoms with van der Waals surface area (Å²) in [6, 6.07) is 4.57. The fourth-order valence-electron chi connectivity index (χ4n) is 1.84. The van der Waals surface area contributed by atoms with E-state index in [2.05, 4.69) is 21.2 Å². The lowest BCUT2D eigenvalue weighted by molar-refractivity contribution is 0.0268. The Morgan fingerprint density at radius 3 is 3.06 bits per heavy atom. The Morgan fingerprint density at radius 2 is 2.35 bits per heavy atom. The Balaban J connectivity index is 1.87. The molecule has 1 aromatic carbocycles. The second-order valence-electron chi connectivity index (χ2n) is 4.37. The molecule has 3 nitrogen and oxygen atoms in total. The summed E-state index contributed by atoms with van der Waals surface area (Å²) in [6.07, 6.45) is 0.643. The van der Waals surface area contributed by atoms with E-state index in [1.165, 1.54) is 12.1 Å². The van der Waals surface area contributed by atoms with E-state index in [-0.39, 0.29) is 5.82 Å². The zero-order valence-electron chi connectivity index (χ0n) is 9.38. The van der Waals surface area contributed by atoms with Crippen LogP contribution in [0.3, 0.4) is 0 Å². The molecule has 1 aliphatic heterocycles.